The van der Waals surface area contributed by atoms with Crippen molar-refractivity contribution in [3.05, 3.63) is 58.4 Å². The van der Waals surface area contributed by atoms with Crippen molar-refractivity contribution in [1.82, 2.24) is 24.4 Å². The van der Waals surface area contributed by atoms with Crippen LogP contribution in [-0.4, -0.2) is 63.1 Å². The normalized spacial score (nSPS) is 14.1. The number of nitrogens with zero attached hydrogens (tertiary/aromatic N) is 6. The Balaban J connectivity index is 1.35. The molecule has 0 atom stereocenters. The van der Waals surface area contributed by atoms with E-state index in [0.29, 0.717) is 42.0 Å². The molecule has 10 heteroatoms. The number of aryl methyl sites for hydroxylation is 1. The predicted octanol–water partition coefficient (Wildman–Crippen LogP) is 3.31. The van der Waals surface area contributed by atoms with Gasteiger partial charge in [-0.1, -0.05) is 23.2 Å². The van der Waals surface area contributed by atoms with E-state index in [1.54, 1.807) is 35.8 Å². The lowest BCUT2D eigenvalue weighted by molar-refractivity contribution is -0.133. The van der Waals surface area contributed by atoms with Gasteiger partial charge in [0.1, 0.15) is 30.0 Å². The number of anilines is 1. The van der Waals surface area contributed by atoms with Crippen LogP contribution in [0.1, 0.15) is 11.4 Å². The number of halogens is 2. The second-order valence-corrected chi connectivity index (χ2v) is 8.09. The van der Waals surface area contributed by atoms with Gasteiger partial charge < -0.3 is 14.5 Å². The number of amides is 1. The van der Waals surface area contributed by atoms with Crippen LogP contribution in [0.25, 0.3) is 5.82 Å². The highest BCUT2D eigenvalue weighted by Crippen LogP contribution is 2.27. The van der Waals surface area contributed by atoms with Crippen LogP contribution >= 0.6 is 23.2 Å². The van der Waals surface area contributed by atoms with Crippen LogP contribution < -0.4 is 9.64 Å². The highest BCUT2D eigenvalue weighted by atomic mass is 35.5. The number of piperazine rings is 1. The largest absolute Gasteiger partial charge is 0.482 e. The molecule has 0 spiro atoms. The lowest BCUT2D eigenvalue weighted by Crippen LogP contribution is -2.50. The third-order valence-electron chi connectivity index (χ3n) is 5.34. The van der Waals surface area contributed by atoms with E-state index in [2.05, 4.69) is 19.9 Å². The molecule has 162 valence electrons. The van der Waals surface area contributed by atoms with E-state index < -0.39 is 0 Å². The predicted molar refractivity (Wildman–Crippen MR) is 119 cm³/mol. The molecule has 31 heavy (non-hydrogen) atoms. The topological polar surface area (TPSA) is 76.4 Å². The molecule has 1 aliphatic rings. The molecule has 0 radical (unpaired) electrons. The smallest absolute Gasteiger partial charge is 0.260 e. The third-order valence-corrected chi connectivity index (χ3v) is 5.87. The zero-order chi connectivity index (χ0) is 22.0. The van der Waals surface area contributed by atoms with Crippen LogP contribution in [0, 0.1) is 13.8 Å². The van der Waals surface area contributed by atoms with E-state index in [0.717, 1.165) is 23.0 Å². The average molecular weight is 461 g/mol. The number of rotatable bonds is 5. The van der Waals surface area contributed by atoms with Gasteiger partial charge in [-0.25, -0.2) is 15.0 Å². The maximum atomic E-state index is 12.5. The molecule has 0 aliphatic carbocycles. The maximum absolute atomic E-state index is 12.5. The molecule has 1 fully saturated rings. The van der Waals surface area contributed by atoms with Crippen molar-refractivity contribution in [2.24, 2.45) is 0 Å². The molecule has 1 saturated heterocycles. The number of benzene rings is 1. The molecule has 1 aromatic carbocycles. The molecular weight excluding hydrogens is 439 g/mol. The number of carbonyl (C=O) groups is 1. The van der Waals surface area contributed by atoms with Gasteiger partial charge in [-0.05, 0) is 32.0 Å². The third kappa shape index (κ3) is 4.75. The molecule has 1 aliphatic heterocycles. The lowest BCUT2D eigenvalue weighted by atomic mass is 10.3. The maximum Gasteiger partial charge on any atom is 0.260 e. The number of ether oxygens (including phenoxy) is 1. The number of carbonyl (C=O) groups excluding carboxylic acids is 1. The van der Waals surface area contributed by atoms with Crippen LogP contribution in [0.5, 0.6) is 5.75 Å². The van der Waals surface area contributed by atoms with Gasteiger partial charge in [0.05, 0.1) is 10.7 Å². The van der Waals surface area contributed by atoms with Crippen molar-refractivity contribution < 1.29 is 9.53 Å². The van der Waals surface area contributed by atoms with Crippen molar-refractivity contribution in [2.45, 2.75) is 13.8 Å². The molecule has 3 heterocycles. The van der Waals surface area contributed by atoms with Gasteiger partial charge >= 0.3 is 0 Å². The van der Waals surface area contributed by atoms with Crippen LogP contribution in [0.3, 0.4) is 0 Å². The summed E-state index contributed by atoms with van der Waals surface area (Å²) >= 11 is 12.0. The summed E-state index contributed by atoms with van der Waals surface area (Å²) in [7, 11) is 0. The molecular formula is C21H22Cl2N6O2. The highest BCUT2D eigenvalue weighted by molar-refractivity contribution is 6.35. The van der Waals surface area contributed by atoms with E-state index in [9.17, 15) is 4.79 Å². The Morgan fingerprint density at radius 3 is 2.45 bits per heavy atom. The Hall–Kier alpha value is -2.84. The Morgan fingerprint density at radius 2 is 1.77 bits per heavy atom. The Labute approximate surface area is 190 Å². The first-order chi connectivity index (χ1) is 14.9. The summed E-state index contributed by atoms with van der Waals surface area (Å²) in [5.74, 6) is 1.96. The van der Waals surface area contributed by atoms with Gasteiger partial charge in [0.15, 0.2) is 6.61 Å². The highest BCUT2D eigenvalue weighted by Gasteiger charge is 2.23. The van der Waals surface area contributed by atoms with Gasteiger partial charge in [0, 0.05) is 43.0 Å². The molecule has 0 N–H and O–H groups in total. The summed E-state index contributed by atoms with van der Waals surface area (Å²) in [5.41, 5.74) is 2.01. The van der Waals surface area contributed by atoms with E-state index >= 15 is 0 Å². The number of hydrogen-bond acceptors (Lipinski definition) is 6. The molecule has 0 bridgehead atoms. The van der Waals surface area contributed by atoms with Crippen molar-refractivity contribution in [3.8, 4) is 11.6 Å². The summed E-state index contributed by atoms with van der Waals surface area (Å²) in [4.78, 5) is 29.6. The molecule has 4 rings (SSSR count). The van der Waals surface area contributed by atoms with Gasteiger partial charge in [-0.2, -0.15) is 0 Å². The van der Waals surface area contributed by atoms with Crippen molar-refractivity contribution in [2.75, 3.05) is 37.7 Å². The summed E-state index contributed by atoms with van der Waals surface area (Å²) in [6.07, 6.45) is 3.32. The van der Waals surface area contributed by atoms with E-state index in [1.807, 2.05) is 24.5 Å². The number of aromatic nitrogens is 4. The summed E-state index contributed by atoms with van der Waals surface area (Å²) in [6, 6.07) is 6.86. The summed E-state index contributed by atoms with van der Waals surface area (Å²) < 4.78 is 7.52. The van der Waals surface area contributed by atoms with Crippen molar-refractivity contribution >= 4 is 34.9 Å². The summed E-state index contributed by atoms with van der Waals surface area (Å²) in [5, 5.41) is 0.902. The molecule has 2 aromatic heterocycles. The van der Waals surface area contributed by atoms with E-state index in [-0.39, 0.29) is 12.5 Å². The average Bonchev–Trinajstić information content (AvgIpc) is 3.11. The van der Waals surface area contributed by atoms with E-state index in [4.69, 9.17) is 27.9 Å². The van der Waals surface area contributed by atoms with Crippen LogP contribution in [0.2, 0.25) is 10.0 Å². The molecule has 0 saturated carbocycles. The Kier molecular flexibility index (Phi) is 6.29. The zero-order valence-electron chi connectivity index (χ0n) is 17.3. The quantitative estimate of drug-likeness (QED) is 0.581. The molecule has 3 aromatic rings. The molecule has 1 amide bonds. The standard InChI is InChI=1S/C21H22Cl2N6O2/c1-14-15(2)29(13-26-14)20-10-19(24-12-25-20)27-5-7-28(8-6-27)21(30)11-31-18-4-3-16(22)9-17(18)23/h3-4,9-10,12-13H,5-8,11H2,1-2H3. The van der Waals surface area contributed by atoms with Crippen LogP contribution in [-0.2, 0) is 4.79 Å². The zero-order valence-corrected chi connectivity index (χ0v) is 18.8. The monoisotopic (exact) mass is 460 g/mol. The molecule has 0 unspecified atom stereocenters. The Bertz CT molecular complexity index is 1100. The van der Waals surface area contributed by atoms with E-state index in [1.165, 1.54) is 0 Å². The Morgan fingerprint density at radius 1 is 1.03 bits per heavy atom. The van der Waals surface area contributed by atoms with Gasteiger partial charge in [0.2, 0.25) is 0 Å². The SMILES string of the molecule is Cc1ncn(-c2cc(N3CCN(C(=O)COc4ccc(Cl)cc4Cl)CC3)ncn2)c1C. The fraction of sp³-hybridized carbons (Fsp3) is 0.333. The summed E-state index contributed by atoms with van der Waals surface area (Å²) in [6.45, 7) is 6.41. The first-order valence-electron chi connectivity index (χ1n) is 9.86. The first kappa shape index (κ1) is 21.4. The van der Waals surface area contributed by atoms with Gasteiger partial charge in [-0.15, -0.1) is 0 Å². The van der Waals surface area contributed by atoms with Gasteiger partial charge in [0.25, 0.3) is 5.91 Å². The molecule has 8 nitrogen and oxygen atoms in total. The fourth-order valence-electron chi connectivity index (χ4n) is 3.38. The van der Waals surface area contributed by atoms with Crippen molar-refractivity contribution in [1.29, 1.82) is 0 Å². The van der Waals surface area contributed by atoms with Crippen molar-refractivity contribution in [3.63, 3.8) is 0 Å². The minimum absolute atomic E-state index is 0.0712. The lowest BCUT2D eigenvalue weighted by Gasteiger charge is -2.35. The minimum Gasteiger partial charge on any atom is -0.482 e. The first-order valence-corrected chi connectivity index (χ1v) is 10.6. The van der Waals surface area contributed by atoms with Gasteiger partial charge in [-0.3, -0.25) is 9.36 Å². The number of hydrogen-bond donors (Lipinski definition) is 0. The second-order valence-electron chi connectivity index (χ2n) is 7.25. The minimum atomic E-state index is -0.0847. The van der Waals surface area contributed by atoms with Crippen LogP contribution in [0.15, 0.2) is 36.9 Å². The second kappa shape index (κ2) is 9.11. The van der Waals surface area contributed by atoms with Crippen LogP contribution in [0.4, 0.5) is 5.82 Å². The number of imidazole rings is 1. The fourth-order valence-corrected chi connectivity index (χ4v) is 3.84.